The Morgan fingerprint density at radius 1 is 0.967 bits per heavy atom. The van der Waals surface area contributed by atoms with E-state index < -0.39 is 0 Å². The predicted molar refractivity (Wildman–Crippen MR) is 121 cm³/mol. The average Bonchev–Trinajstić information content (AvgIpc) is 2.79. The first-order valence-corrected chi connectivity index (χ1v) is 9.87. The summed E-state index contributed by atoms with van der Waals surface area (Å²) in [6.07, 6.45) is 3.51. The lowest BCUT2D eigenvalue weighted by molar-refractivity contribution is 0.310. The summed E-state index contributed by atoms with van der Waals surface area (Å²) < 4.78 is 5.41. The topological polar surface area (TPSA) is 63.2 Å². The fourth-order valence-electron chi connectivity index (χ4n) is 3.48. The number of hydrogen-bond acceptors (Lipinski definition) is 6. The summed E-state index contributed by atoms with van der Waals surface area (Å²) in [6.45, 7) is 0.691. The standard InChI is InChI=1S/C24H25N5O/c1-29(2)22(18-7-6-8-19(15-18)30-3)16-26-24-20-9-4-5-10-21(20)27-23(28-24)17-11-13-25-14-12-17/h4-15,22H,16H2,1-3H3,(H,26,27,28)/t22-/m0/s1. The maximum absolute atomic E-state index is 5.41. The molecule has 0 amide bonds. The number of rotatable bonds is 7. The van der Waals surface area contributed by atoms with E-state index in [2.05, 4.69) is 41.4 Å². The van der Waals surface area contributed by atoms with E-state index in [1.165, 1.54) is 5.56 Å². The lowest BCUT2D eigenvalue weighted by Gasteiger charge is -2.26. The fraction of sp³-hybridized carbons (Fsp3) is 0.208. The van der Waals surface area contributed by atoms with Gasteiger partial charge in [-0.2, -0.15) is 0 Å². The maximum atomic E-state index is 5.41. The fourth-order valence-corrected chi connectivity index (χ4v) is 3.48. The summed E-state index contributed by atoms with van der Waals surface area (Å²) in [6, 6.07) is 20.2. The van der Waals surface area contributed by atoms with Crippen molar-refractivity contribution in [2.24, 2.45) is 0 Å². The van der Waals surface area contributed by atoms with Crippen molar-refractivity contribution >= 4 is 16.7 Å². The van der Waals surface area contributed by atoms with Gasteiger partial charge < -0.3 is 15.0 Å². The number of fused-ring (bicyclic) bond motifs is 1. The van der Waals surface area contributed by atoms with Crippen LogP contribution in [-0.2, 0) is 0 Å². The van der Waals surface area contributed by atoms with Gasteiger partial charge >= 0.3 is 0 Å². The van der Waals surface area contributed by atoms with Gasteiger partial charge in [-0.1, -0.05) is 24.3 Å². The summed E-state index contributed by atoms with van der Waals surface area (Å²) >= 11 is 0. The molecule has 0 aliphatic carbocycles. The Balaban J connectivity index is 1.68. The van der Waals surface area contributed by atoms with Gasteiger partial charge in [0.25, 0.3) is 0 Å². The van der Waals surface area contributed by atoms with Gasteiger partial charge in [0, 0.05) is 29.9 Å². The molecule has 6 nitrogen and oxygen atoms in total. The van der Waals surface area contributed by atoms with Crippen LogP contribution in [0.2, 0.25) is 0 Å². The van der Waals surface area contributed by atoms with Crippen molar-refractivity contribution in [3.8, 4) is 17.1 Å². The molecule has 4 aromatic rings. The highest BCUT2D eigenvalue weighted by Crippen LogP contribution is 2.27. The maximum Gasteiger partial charge on any atom is 0.162 e. The predicted octanol–water partition coefficient (Wildman–Crippen LogP) is 4.42. The Labute approximate surface area is 176 Å². The number of nitrogens with zero attached hydrogens (tertiary/aromatic N) is 4. The van der Waals surface area contributed by atoms with Crippen LogP contribution < -0.4 is 10.1 Å². The number of hydrogen-bond donors (Lipinski definition) is 1. The van der Waals surface area contributed by atoms with E-state index in [9.17, 15) is 0 Å². The molecule has 152 valence electrons. The highest BCUT2D eigenvalue weighted by molar-refractivity contribution is 5.90. The second-order valence-corrected chi connectivity index (χ2v) is 7.29. The summed E-state index contributed by atoms with van der Waals surface area (Å²) in [7, 11) is 5.84. The molecular formula is C24H25N5O. The lowest BCUT2D eigenvalue weighted by Crippen LogP contribution is -2.27. The second kappa shape index (κ2) is 8.88. The first-order valence-electron chi connectivity index (χ1n) is 9.87. The summed E-state index contributed by atoms with van der Waals surface area (Å²) in [5.74, 6) is 2.36. The molecule has 0 aliphatic rings. The van der Waals surface area contributed by atoms with Gasteiger partial charge in [-0.15, -0.1) is 0 Å². The molecule has 0 unspecified atom stereocenters. The quantitative estimate of drug-likeness (QED) is 0.496. The lowest BCUT2D eigenvalue weighted by atomic mass is 10.1. The van der Waals surface area contributed by atoms with Crippen LogP contribution in [0.4, 0.5) is 5.82 Å². The van der Waals surface area contributed by atoms with Crippen molar-refractivity contribution in [1.82, 2.24) is 19.9 Å². The normalized spacial score (nSPS) is 12.1. The van der Waals surface area contributed by atoms with Gasteiger partial charge in [-0.25, -0.2) is 9.97 Å². The van der Waals surface area contributed by atoms with Gasteiger partial charge in [0.2, 0.25) is 0 Å². The first kappa shape index (κ1) is 19.8. The molecule has 0 spiro atoms. The van der Waals surface area contributed by atoms with Crippen LogP contribution in [0.3, 0.4) is 0 Å². The number of likely N-dealkylation sites (N-methyl/N-ethyl adjacent to an activating group) is 1. The number of pyridine rings is 1. The Bertz CT molecular complexity index is 1130. The third kappa shape index (κ3) is 4.23. The van der Waals surface area contributed by atoms with Crippen LogP contribution in [0.15, 0.2) is 73.1 Å². The summed E-state index contributed by atoms with van der Waals surface area (Å²) in [5.41, 5.74) is 3.03. The molecule has 2 aromatic heterocycles. The van der Waals surface area contributed by atoms with Crippen LogP contribution in [0.25, 0.3) is 22.3 Å². The van der Waals surface area contributed by atoms with Gasteiger partial charge in [0.1, 0.15) is 11.6 Å². The van der Waals surface area contributed by atoms with Gasteiger partial charge in [-0.3, -0.25) is 4.98 Å². The molecule has 2 heterocycles. The third-order valence-corrected chi connectivity index (χ3v) is 5.11. The molecule has 0 saturated heterocycles. The van der Waals surface area contributed by atoms with Crippen LogP contribution in [0.1, 0.15) is 11.6 Å². The van der Waals surface area contributed by atoms with Crippen molar-refractivity contribution < 1.29 is 4.74 Å². The molecule has 4 rings (SSSR count). The Morgan fingerprint density at radius 2 is 1.77 bits per heavy atom. The van der Waals surface area contributed by atoms with Crippen molar-refractivity contribution in [1.29, 1.82) is 0 Å². The van der Waals surface area contributed by atoms with Gasteiger partial charge in [0.05, 0.1) is 18.7 Å². The summed E-state index contributed by atoms with van der Waals surface area (Å²) in [4.78, 5) is 15.9. The Morgan fingerprint density at radius 3 is 2.53 bits per heavy atom. The van der Waals surface area contributed by atoms with Gasteiger partial charge in [-0.05, 0) is 56.1 Å². The van der Waals surface area contributed by atoms with E-state index in [4.69, 9.17) is 14.7 Å². The minimum Gasteiger partial charge on any atom is -0.497 e. The van der Waals surface area contributed by atoms with Crippen LogP contribution in [0, 0.1) is 0 Å². The molecule has 30 heavy (non-hydrogen) atoms. The number of methoxy groups -OCH3 is 1. The van der Waals surface area contributed by atoms with Crippen molar-refractivity contribution in [3.63, 3.8) is 0 Å². The number of ether oxygens (including phenoxy) is 1. The van der Waals surface area contributed by atoms with Crippen LogP contribution in [-0.4, -0.2) is 47.6 Å². The Hall–Kier alpha value is -3.51. The highest BCUT2D eigenvalue weighted by Gasteiger charge is 2.16. The van der Waals surface area contributed by atoms with Gasteiger partial charge in [0.15, 0.2) is 5.82 Å². The van der Waals surface area contributed by atoms with E-state index in [0.717, 1.165) is 28.0 Å². The minimum absolute atomic E-state index is 0.151. The number of aromatic nitrogens is 3. The molecule has 0 saturated carbocycles. The molecule has 0 aliphatic heterocycles. The molecular weight excluding hydrogens is 374 g/mol. The molecule has 1 atom stereocenters. The van der Waals surface area contributed by atoms with Crippen LogP contribution >= 0.6 is 0 Å². The number of benzene rings is 2. The van der Waals surface area contributed by atoms with Crippen LogP contribution in [0.5, 0.6) is 5.75 Å². The minimum atomic E-state index is 0.151. The van der Waals surface area contributed by atoms with E-state index in [-0.39, 0.29) is 6.04 Å². The number of nitrogens with one attached hydrogen (secondary N) is 1. The molecule has 0 radical (unpaired) electrons. The first-order chi connectivity index (χ1) is 14.7. The zero-order valence-electron chi connectivity index (χ0n) is 17.4. The van der Waals surface area contributed by atoms with E-state index in [0.29, 0.717) is 12.4 Å². The Kier molecular flexibility index (Phi) is 5.86. The van der Waals surface area contributed by atoms with Crippen molar-refractivity contribution in [2.75, 3.05) is 33.1 Å². The average molecular weight is 399 g/mol. The SMILES string of the molecule is COc1cccc([C@H](CNc2nc(-c3ccncc3)nc3ccccc23)N(C)C)c1. The molecule has 0 fully saturated rings. The summed E-state index contributed by atoms with van der Waals surface area (Å²) in [5, 5.41) is 4.56. The molecule has 1 N–H and O–H groups in total. The molecule has 0 bridgehead atoms. The number of anilines is 1. The monoisotopic (exact) mass is 399 g/mol. The van der Waals surface area contributed by atoms with Crippen molar-refractivity contribution in [3.05, 3.63) is 78.6 Å². The van der Waals surface area contributed by atoms with E-state index >= 15 is 0 Å². The number of para-hydroxylation sites is 1. The largest absolute Gasteiger partial charge is 0.497 e. The smallest absolute Gasteiger partial charge is 0.162 e. The van der Waals surface area contributed by atoms with E-state index in [1.807, 2.05) is 48.5 Å². The van der Waals surface area contributed by atoms with Crippen molar-refractivity contribution in [2.45, 2.75) is 6.04 Å². The third-order valence-electron chi connectivity index (χ3n) is 5.11. The highest BCUT2D eigenvalue weighted by atomic mass is 16.5. The van der Waals surface area contributed by atoms with E-state index in [1.54, 1.807) is 19.5 Å². The zero-order chi connectivity index (χ0) is 20.9. The molecule has 6 heteroatoms. The second-order valence-electron chi connectivity index (χ2n) is 7.29. The zero-order valence-corrected chi connectivity index (χ0v) is 17.4. The molecule has 2 aromatic carbocycles.